The van der Waals surface area contributed by atoms with Gasteiger partial charge in [-0.2, -0.15) is 0 Å². The number of aliphatic hydroxyl groups is 1. The number of carbonyl (C=O) groups is 1. The molecule has 2 unspecified atom stereocenters. The summed E-state index contributed by atoms with van der Waals surface area (Å²) in [6.07, 6.45) is 1.39. The smallest absolute Gasteiger partial charge is 0.248 e. The quantitative estimate of drug-likeness (QED) is 0.524. The lowest BCUT2D eigenvalue weighted by Crippen LogP contribution is -2.40. The zero-order valence-corrected chi connectivity index (χ0v) is 7.34. The Bertz CT molecular complexity index is 153. The van der Waals surface area contributed by atoms with E-state index in [9.17, 15) is 4.79 Å². The number of aliphatic hydroxyl groups excluding tert-OH is 1. The Morgan fingerprint density at radius 3 is 3.08 bits per heavy atom. The molecule has 2 atom stereocenters. The van der Waals surface area contributed by atoms with Gasteiger partial charge in [0.05, 0.1) is 0 Å². The Morgan fingerprint density at radius 2 is 2.58 bits per heavy atom. The maximum absolute atomic E-state index is 10.9. The highest BCUT2D eigenvalue weighted by Gasteiger charge is 2.15. The molecule has 1 amide bonds. The molecule has 1 aliphatic rings. The van der Waals surface area contributed by atoms with Gasteiger partial charge in [0.15, 0.2) is 0 Å². The van der Waals surface area contributed by atoms with Crippen LogP contribution in [0.5, 0.6) is 0 Å². The second-order valence-electron chi connectivity index (χ2n) is 3.21. The van der Waals surface area contributed by atoms with Gasteiger partial charge < -0.3 is 15.7 Å². The van der Waals surface area contributed by atoms with Gasteiger partial charge in [-0.3, -0.25) is 4.79 Å². The summed E-state index contributed by atoms with van der Waals surface area (Å²) in [7, 11) is 0. The number of hydrogen-bond donors (Lipinski definition) is 3. The van der Waals surface area contributed by atoms with Crippen LogP contribution in [0.2, 0.25) is 0 Å². The molecule has 0 aromatic carbocycles. The molecule has 0 saturated carbocycles. The van der Waals surface area contributed by atoms with Crippen molar-refractivity contribution in [2.24, 2.45) is 0 Å². The lowest BCUT2D eigenvalue weighted by atomic mass is 10.2. The first-order valence-corrected chi connectivity index (χ1v) is 4.39. The Labute approximate surface area is 72.3 Å². The molecule has 70 valence electrons. The summed E-state index contributed by atoms with van der Waals surface area (Å²) in [5.74, 6) is -0.288. The van der Waals surface area contributed by atoms with Crippen molar-refractivity contribution in [3.8, 4) is 0 Å². The predicted octanol–water partition coefficient (Wildman–Crippen LogP) is -0.765. The van der Waals surface area contributed by atoms with Gasteiger partial charge in [0, 0.05) is 12.6 Å². The summed E-state index contributed by atoms with van der Waals surface area (Å²) < 4.78 is 0. The van der Waals surface area contributed by atoms with Gasteiger partial charge in [0.1, 0.15) is 6.10 Å². The van der Waals surface area contributed by atoms with Crippen LogP contribution in [0, 0.1) is 0 Å². The van der Waals surface area contributed by atoms with Gasteiger partial charge in [0.2, 0.25) is 5.91 Å². The Hall–Kier alpha value is -0.610. The monoisotopic (exact) mass is 172 g/mol. The van der Waals surface area contributed by atoms with E-state index >= 15 is 0 Å². The molecular formula is C8H16N2O2. The van der Waals surface area contributed by atoms with Crippen LogP contribution in [0.4, 0.5) is 0 Å². The van der Waals surface area contributed by atoms with Crippen LogP contribution >= 0.6 is 0 Å². The van der Waals surface area contributed by atoms with Crippen LogP contribution in [0.15, 0.2) is 0 Å². The molecule has 3 N–H and O–H groups in total. The molecule has 0 spiro atoms. The first-order valence-electron chi connectivity index (χ1n) is 4.39. The molecule has 0 radical (unpaired) electrons. The van der Waals surface area contributed by atoms with E-state index in [0.717, 1.165) is 13.0 Å². The van der Waals surface area contributed by atoms with Crippen molar-refractivity contribution < 1.29 is 9.90 Å². The van der Waals surface area contributed by atoms with Crippen LogP contribution in [0.1, 0.15) is 19.8 Å². The number of hydrogen-bond acceptors (Lipinski definition) is 3. The Kier molecular flexibility index (Phi) is 3.49. The van der Waals surface area contributed by atoms with E-state index in [2.05, 4.69) is 10.6 Å². The average Bonchev–Trinajstić information content (AvgIpc) is 2.51. The van der Waals surface area contributed by atoms with E-state index in [1.54, 1.807) is 0 Å². The van der Waals surface area contributed by atoms with Gasteiger partial charge in [-0.1, -0.05) is 0 Å². The molecule has 0 aliphatic carbocycles. The van der Waals surface area contributed by atoms with Crippen molar-refractivity contribution in [2.45, 2.75) is 31.9 Å². The van der Waals surface area contributed by atoms with Crippen LogP contribution in [0.3, 0.4) is 0 Å². The summed E-state index contributed by atoms with van der Waals surface area (Å²) in [5, 5.41) is 14.8. The fourth-order valence-corrected chi connectivity index (χ4v) is 1.30. The largest absolute Gasteiger partial charge is 0.384 e. The summed E-state index contributed by atoms with van der Waals surface area (Å²) >= 11 is 0. The lowest BCUT2D eigenvalue weighted by molar-refractivity contribution is -0.128. The molecule has 4 heteroatoms. The van der Waals surface area contributed by atoms with Crippen molar-refractivity contribution in [3.63, 3.8) is 0 Å². The van der Waals surface area contributed by atoms with E-state index in [4.69, 9.17) is 5.11 Å². The second-order valence-corrected chi connectivity index (χ2v) is 3.21. The van der Waals surface area contributed by atoms with Crippen molar-refractivity contribution in [3.05, 3.63) is 0 Å². The van der Waals surface area contributed by atoms with E-state index in [-0.39, 0.29) is 5.91 Å². The van der Waals surface area contributed by atoms with Gasteiger partial charge in [0.25, 0.3) is 0 Å². The lowest BCUT2D eigenvalue weighted by Gasteiger charge is -2.12. The summed E-state index contributed by atoms with van der Waals surface area (Å²) in [6.45, 7) is 3.14. The summed E-state index contributed by atoms with van der Waals surface area (Å²) in [5.41, 5.74) is 0. The molecule has 0 aromatic rings. The number of carbonyl (C=O) groups excluding carboxylic acids is 1. The molecule has 1 aliphatic heterocycles. The van der Waals surface area contributed by atoms with Crippen LogP contribution in [-0.2, 0) is 4.79 Å². The number of nitrogens with one attached hydrogen (secondary N) is 2. The molecule has 0 bridgehead atoms. The maximum atomic E-state index is 10.9. The molecule has 1 saturated heterocycles. The second kappa shape index (κ2) is 4.42. The van der Waals surface area contributed by atoms with E-state index in [0.29, 0.717) is 12.6 Å². The molecule has 4 nitrogen and oxygen atoms in total. The normalized spacial score (nSPS) is 25.3. The third-order valence-corrected chi connectivity index (χ3v) is 2.06. The number of rotatable bonds is 3. The summed E-state index contributed by atoms with van der Waals surface area (Å²) in [6, 6.07) is 0.396. The first kappa shape index (κ1) is 9.48. The standard InChI is InChI=1S/C8H16N2O2/c1-6(11)8(12)10-5-7-3-2-4-9-7/h6-7,9,11H,2-5H2,1H3,(H,10,12). The topological polar surface area (TPSA) is 61.4 Å². The zero-order chi connectivity index (χ0) is 8.97. The minimum absolute atomic E-state index is 0.288. The average molecular weight is 172 g/mol. The predicted molar refractivity (Wildman–Crippen MR) is 45.7 cm³/mol. The van der Waals surface area contributed by atoms with Crippen LogP contribution in [0.25, 0.3) is 0 Å². The van der Waals surface area contributed by atoms with Crippen molar-refractivity contribution in [1.82, 2.24) is 10.6 Å². The van der Waals surface area contributed by atoms with Gasteiger partial charge in [-0.25, -0.2) is 0 Å². The minimum atomic E-state index is -0.897. The summed E-state index contributed by atoms with van der Waals surface area (Å²) in [4.78, 5) is 10.9. The highest BCUT2D eigenvalue weighted by Crippen LogP contribution is 2.02. The maximum Gasteiger partial charge on any atom is 0.248 e. The highest BCUT2D eigenvalue weighted by atomic mass is 16.3. The van der Waals surface area contributed by atoms with E-state index < -0.39 is 6.10 Å². The molecule has 1 fully saturated rings. The van der Waals surface area contributed by atoms with Gasteiger partial charge >= 0.3 is 0 Å². The molecule has 12 heavy (non-hydrogen) atoms. The highest BCUT2D eigenvalue weighted by molar-refractivity contribution is 5.79. The molecule has 1 heterocycles. The first-order chi connectivity index (χ1) is 5.70. The minimum Gasteiger partial charge on any atom is -0.384 e. The molecular weight excluding hydrogens is 156 g/mol. The third kappa shape index (κ3) is 2.79. The fourth-order valence-electron chi connectivity index (χ4n) is 1.30. The third-order valence-electron chi connectivity index (χ3n) is 2.06. The van der Waals surface area contributed by atoms with Gasteiger partial charge in [-0.15, -0.1) is 0 Å². The SMILES string of the molecule is CC(O)C(=O)NCC1CCCN1. The van der Waals surface area contributed by atoms with Crippen molar-refractivity contribution in [1.29, 1.82) is 0 Å². The Morgan fingerprint density at radius 1 is 1.83 bits per heavy atom. The molecule has 1 rings (SSSR count). The van der Waals surface area contributed by atoms with Gasteiger partial charge in [-0.05, 0) is 26.3 Å². The zero-order valence-electron chi connectivity index (χ0n) is 7.34. The van der Waals surface area contributed by atoms with E-state index in [1.807, 2.05) is 0 Å². The Balaban J connectivity index is 2.12. The number of amides is 1. The fraction of sp³-hybridized carbons (Fsp3) is 0.875. The molecule has 0 aromatic heterocycles. The van der Waals surface area contributed by atoms with Crippen LogP contribution in [-0.4, -0.2) is 36.2 Å². The van der Waals surface area contributed by atoms with E-state index in [1.165, 1.54) is 13.3 Å². The van der Waals surface area contributed by atoms with Crippen molar-refractivity contribution in [2.75, 3.05) is 13.1 Å². The van der Waals surface area contributed by atoms with Crippen molar-refractivity contribution >= 4 is 5.91 Å². The van der Waals surface area contributed by atoms with Crippen LogP contribution < -0.4 is 10.6 Å².